The summed E-state index contributed by atoms with van der Waals surface area (Å²) in [6.45, 7) is 3.83. The second kappa shape index (κ2) is 6.40. The van der Waals surface area contributed by atoms with E-state index < -0.39 is 0 Å². The summed E-state index contributed by atoms with van der Waals surface area (Å²) in [5.74, 6) is -0.122. The van der Waals surface area contributed by atoms with Gasteiger partial charge in [0.2, 0.25) is 0 Å². The molecule has 0 atom stereocenters. The molecule has 1 aliphatic rings. The van der Waals surface area contributed by atoms with Crippen LogP contribution in [0.15, 0.2) is 36.4 Å². The first-order valence-corrected chi connectivity index (χ1v) is 7.89. The third-order valence-electron chi connectivity index (χ3n) is 4.20. The lowest BCUT2D eigenvalue weighted by Gasteiger charge is -2.09. The summed E-state index contributed by atoms with van der Waals surface area (Å²) in [7, 11) is 0. The highest BCUT2D eigenvalue weighted by Gasteiger charge is 2.13. The van der Waals surface area contributed by atoms with E-state index in [1.54, 1.807) is 6.07 Å². The minimum absolute atomic E-state index is 0.122. The van der Waals surface area contributed by atoms with Gasteiger partial charge in [0.05, 0.1) is 0 Å². The molecule has 0 bridgehead atoms. The van der Waals surface area contributed by atoms with Gasteiger partial charge < -0.3 is 5.32 Å². The molecule has 0 saturated heterocycles. The molecule has 0 heterocycles. The molecule has 1 nitrogen and oxygen atoms in total. The Hall–Kier alpha value is -1.67. The van der Waals surface area contributed by atoms with Crippen molar-refractivity contribution < 1.29 is 4.39 Å². The van der Waals surface area contributed by atoms with Crippen molar-refractivity contribution in [3.05, 3.63) is 58.9 Å². The van der Waals surface area contributed by atoms with E-state index in [1.165, 1.54) is 24.0 Å². The summed E-state index contributed by atoms with van der Waals surface area (Å²) in [4.78, 5) is 0. The SMILES string of the molecule is CCCNCc1ccc(-c2ccc3c(c2)CCC3)c(F)c1. The number of aryl methyl sites for hydroxylation is 2. The fourth-order valence-corrected chi connectivity index (χ4v) is 3.05. The van der Waals surface area contributed by atoms with Crippen LogP contribution in [0.2, 0.25) is 0 Å². The molecule has 0 unspecified atom stereocenters. The average Bonchev–Trinajstić information content (AvgIpc) is 2.95. The van der Waals surface area contributed by atoms with Crippen molar-refractivity contribution in [2.24, 2.45) is 0 Å². The molecular formula is C19H22FN. The quantitative estimate of drug-likeness (QED) is 0.798. The second-order valence-electron chi connectivity index (χ2n) is 5.83. The molecule has 0 aliphatic heterocycles. The molecule has 0 fully saturated rings. The van der Waals surface area contributed by atoms with E-state index >= 15 is 0 Å². The monoisotopic (exact) mass is 283 g/mol. The maximum absolute atomic E-state index is 14.4. The lowest BCUT2D eigenvalue weighted by molar-refractivity contribution is 0.622. The van der Waals surface area contributed by atoms with E-state index in [9.17, 15) is 4.39 Å². The fourth-order valence-electron chi connectivity index (χ4n) is 3.05. The molecule has 2 heteroatoms. The minimum atomic E-state index is -0.122. The Morgan fingerprint density at radius 2 is 1.90 bits per heavy atom. The first-order chi connectivity index (χ1) is 10.3. The van der Waals surface area contributed by atoms with Crippen molar-refractivity contribution >= 4 is 0 Å². The maximum Gasteiger partial charge on any atom is 0.131 e. The van der Waals surface area contributed by atoms with Gasteiger partial charge in [0.25, 0.3) is 0 Å². The van der Waals surface area contributed by atoms with Gasteiger partial charge in [-0.2, -0.15) is 0 Å². The van der Waals surface area contributed by atoms with Crippen LogP contribution in [-0.4, -0.2) is 6.54 Å². The van der Waals surface area contributed by atoms with Gasteiger partial charge >= 0.3 is 0 Å². The molecule has 110 valence electrons. The topological polar surface area (TPSA) is 12.0 Å². The normalized spacial score (nSPS) is 13.4. The lowest BCUT2D eigenvalue weighted by atomic mass is 9.99. The number of halogens is 1. The zero-order valence-electron chi connectivity index (χ0n) is 12.6. The van der Waals surface area contributed by atoms with Gasteiger partial charge in [0.15, 0.2) is 0 Å². The Labute approximate surface area is 126 Å². The standard InChI is InChI=1S/C19H22FN/c1-2-10-21-13-14-6-9-18(19(20)11-14)17-8-7-15-4-3-5-16(15)12-17/h6-9,11-12,21H,2-5,10,13H2,1H3. The van der Waals surface area contributed by atoms with E-state index in [2.05, 4.69) is 30.4 Å². The highest BCUT2D eigenvalue weighted by atomic mass is 19.1. The molecule has 0 spiro atoms. The molecule has 0 amide bonds. The van der Waals surface area contributed by atoms with Crippen molar-refractivity contribution in [2.75, 3.05) is 6.54 Å². The number of hydrogen-bond acceptors (Lipinski definition) is 1. The number of benzene rings is 2. The maximum atomic E-state index is 14.4. The van der Waals surface area contributed by atoms with E-state index in [0.717, 1.165) is 37.1 Å². The first kappa shape index (κ1) is 14.3. The summed E-state index contributed by atoms with van der Waals surface area (Å²) in [5.41, 5.74) is 5.54. The van der Waals surface area contributed by atoms with Crippen molar-refractivity contribution in [1.29, 1.82) is 0 Å². The Balaban J connectivity index is 1.82. The van der Waals surface area contributed by atoms with Crippen LogP contribution in [0.1, 0.15) is 36.5 Å². The van der Waals surface area contributed by atoms with Gasteiger partial charge in [-0.3, -0.25) is 0 Å². The number of fused-ring (bicyclic) bond motifs is 1. The minimum Gasteiger partial charge on any atom is -0.313 e. The van der Waals surface area contributed by atoms with E-state index in [-0.39, 0.29) is 5.82 Å². The van der Waals surface area contributed by atoms with Gasteiger partial charge in [0.1, 0.15) is 5.82 Å². The summed E-state index contributed by atoms with van der Waals surface area (Å²) in [6.07, 6.45) is 4.61. The Kier molecular flexibility index (Phi) is 4.35. The molecule has 3 rings (SSSR count). The van der Waals surface area contributed by atoms with Crippen LogP contribution < -0.4 is 5.32 Å². The van der Waals surface area contributed by atoms with Gasteiger partial charge in [-0.05, 0) is 60.5 Å². The Morgan fingerprint density at radius 1 is 1.05 bits per heavy atom. The van der Waals surface area contributed by atoms with Crippen molar-refractivity contribution in [2.45, 2.75) is 39.2 Å². The smallest absolute Gasteiger partial charge is 0.131 e. The van der Waals surface area contributed by atoms with E-state index in [4.69, 9.17) is 0 Å². The molecule has 0 aromatic heterocycles. The number of nitrogens with one attached hydrogen (secondary N) is 1. The molecule has 0 radical (unpaired) electrons. The van der Waals surface area contributed by atoms with Crippen LogP contribution in [0.3, 0.4) is 0 Å². The predicted molar refractivity (Wildman–Crippen MR) is 85.9 cm³/mol. The summed E-state index contributed by atoms with van der Waals surface area (Å²) >= 11 is 0. The lowest BCUT2D eigenvalue weighted by Crippen LogP contribution is -2.13. The van der Waals surface area contributed by atoms with Crippen molar-refractivity contribution in [3.8, 4) is 11.1 Å². The van der Waals surface area contributed by atoms with Crippen molar-refractivity contribution in [3.63, 3.8) is 0 Å². The second-order valence-corrected chi connectivity index (χ2v) is 5.83. The van der Waals surface area contributed by atoms with E-state index in [1.807, 2.05) is 12.1 Å². The average molecular weight is 283 g/mol. The largest absolute Gasteiger partial charge is 0.313 e. The summed E-state index contributed by atoms with van der Waals surface area (Å²) in [5, 5.41) is 3.31. The highest BCUT2D eigenvalue weighted by molar-refractivity contribution is 5.66. The van der Waals surface area contributed by atoms with Crippen LogP contribution in [0, 0.1) is 5.82 Å². The Morgan fingerprint density at radius 3 is 2.71 bits per heavy atom. The molecule has 0 saturated carbocycles. The number of rotatable bonds is 5. The molecule has 1 N–H and O–H groups in total. The van der Waals surface area contributed by atoms with Crippen LogP contribution in [0.5, 0.6) is 0 Å². The van der Waals surface area contributed by atoms with Gasteiger partial charge in [-0.25, -0.2) is 4.39 Å². The van der Waals surface area contributed by atoms with Crippen LogP contribution in [-0.2, 0) is 19.4 Å². The third kappa shape index (κ3) is 3.16. The molecule has 2 aromatic carbocycles. The molecule has 1 aliphatic carbocycles. The van der Waals surface area contributed by atoms with Gasteiger partial charge in [-0.1, -0.05) is 37.3 Å². The van der Waals surface area contributed by atoms with Crippen LogP contribution in [0.4, 0.5) is 4.39 Å². The van der Waals surface area contributed by atoms with Crippen LogP contribution >= 0.6 is 0 Å². The zero-order chi connectivity index (χ0) is 14.7. The zero-order valence-corrected chi connectivity index (χ0v) is 12.6. The van der Waals surface area contributed by atoms with Gasteiger partial charge in [0, 0.05) is 12.1 Å². The summed E-state index contributed by atoms with van der Waals surface area (Å²) < 4.78 is 14.4. The number of hydrogen-bond donors (Lipinski definition) is 1. The third-order valence-corrected chi connectivity index (χ3v) is 4.20. The molecule has 21 heavy (non-hydrogen) atoms. The molecule has 2 aromatic rings. The summed E-state index contributed by atoms with van der Waals surface area (Å²) in [6, 6.07) is 12.0. The predicted octanol–water partition coefficient (Wildman–Crippen LogP) is 4.48. The van der Waals surface area contributed by atoms with Crippen LogP contribution in [0.25, 0.3) is 11.1 Å². The van der Waals surface area contributed by atoms with Crippen molar-refractivity contribution in [1.82, 2.24) is 5.32 Å². The van der Waals surface area contributed by atoms with Gasteiger partial charge in [-0.15, -0.1) is 0 Å². The highest BCUT2D eigenvalue weighted by Crippen LogP contribution is 2.29. The fraction of sp³-hybridized carbons (Fsp3) is 0.368. The molecular weight excluding hydrogens is 261 g/mol. The first-order valence-electron chi connectivity index (χ1n) is 7.89. The Bertz CT molecular complexity index is 633. The van der Waals surface area contributed by atoms with E-state index in [0.29, 0.717) is 5.56 Å².